The van der Waals surface area contributed by atoms with E-state index in [1.54, 1.807) is 6.07 Å². The van der Waals surface area contributed by atoms with Gasteiger partial charge < -0.3 is 9.52 Å². The Bertz CT molecular complexity index is 422. The summed E-state index contributed by atoms with van der Waals surface area (Å²) in [6.07, 6.45) is 0. The lowest BCUT2D eigenvalue weighted by Crippen LogP contribution is -1.75. The summed E-state index contributed by atoms with van der Waals surface area (Å²) in [7, 11) is 0. The predicted molar refractivity (Wildman–Crippen MR) is 65.0 cm³/mol. The van der Waals surface area contributed by atoms with Crippen molar-refractivity contribution in [2.24, 2.45) is 0 Å². The van der Waals surface area contributed by atoms with Gasteiger partial charge in [0.2, 0.25) is 0 Å². The number of benzene rings is 1. The van der Waals surface area contributed by atoms with Crippen LogP contribution in [0.4, 0.5) is 0 Å². The minimum atomic E-state index is -0.0590. The van der Waals surface area contributed by atoms with E-state index < -0.39 is 0 Å². The molecular weight excluding hydrogens is 279 g/mol. The molecule has 0 saturated heterocycles. The molecule has 0 radical (unpaired) electrons. The first kappa shape index (κ1) is 12.3. The van der Waals surface area contributed by atoms with Gasteiger partial charge in [-0.3, -0.25) is 0 Å². The molecule has 0 aliphatic carbocycles. The van der Waals surface area contributed by atoms with Gasteiger partial charge in [-0.1, -0.05) is 28.1 Å². The first-order chi connectivity index (χ1) is 6.79. The first-order valence-electron chi connectivity index (χ1n) is 4.25. The van der Waals surface area contributed by atoms with Crippen molar-refractivity contribution in [2.45, 2.75) is 6.61 Å². The number of aliphatic hydroxyl groups excluding tert-OH is 1. The fourth-order valence-corrected chi connectivity index (χ4v) is 1.50. The molecule has 0 spiro atoms. The second-order valence-electron chi connectivity index (χ2n) is 2.93. The zero-order valence-electron chi connectivity index (χ0n) is 7.81. The molecule has 0 aliphatic heterocycles. The third-order valence-electron chi connectivity index (χ3n) is 1.95. The molecule has 1 heterocycles. The van der Waals surface area contributed by atoms with Crippen molar-refractivity contribution in [1.82, 2.24) is 0 Å². The van der Waals surface area contributed by atoms with Crippen LogP contribution in [-0.2, 0) is 6.61 Å². The van der Waals surface area contributed by atoms with E-state index in [0.29, 0.717) is 5.76 Å². The van der Waals surface area contributed by atoms with Crippen LogP contribution < -0.4 is 0 Å². The fourth-order valence-electron chi connectivity index (χ4n) is 1.23. The summed E-state index contributed by atoms with van der Waals surface area (Å²) in [6, 6.07) is 11.5. The van der Waals surface area contributed by atoms with E-state index in [4.69, 9.17) is 9.52 Å². The second-order valence-corrected chi connectivity index (χ2v) is 3.85. The van der Waals surface area contributed by atoms with E-state index >= 15 is 0 Å². The van der Waals surface area contributed by atoms with Gasteiger partial charge in [-0.2, -0.15) is 0 Å². The van der Waals surface area contributed by atoms with Crippen LogP contribution in [0.3, 0.4) is 0 Å². The van der Waals surface area contributed by atoms with E-state index in [1.165, 1.54) is 0 Å². The van der Waals surface area contributed by atoms with E-state index in [-0.39, 0.29) is 19.0 Å². The van der Waals surface area contributed by atoms with Crippen LogP contribution in [0.2, 0.25) is 0 Å². The fraction of sp³-hybridized carbons (Fsp3) is 0.0909. The molecular formula is C11H10BrClO2. The van der Waals surface area contributed by atoms with Gasteiger partial charge in [-0.05, 0) is 24.3 Å². The Balaban J connectivity index is 0.00000112. The molecule has 0 unspecified atom stereocenters. The van der Waals surface area contributed by atoms with Crippen LogP contribution in [0.1, 0.15) is 5.76 Å². The van der Waals surface area contributed by atoms with E-state index in [9.17, 15) is 0 Å². The number of hydrogen-bond donors (Lipinski definition) is 1. The quantitative estimate of drug-likeness (QED) is 0.916. The van der Waals surface area contributed by atoms with Crippen molar-refractivity contribution in [3.05, 3.63) is 46.6 Å². The van der Waals surface area contributed by atoms with Gasteiger partial charge in [-0.25, -0.2) is 0 Å². The predicted octanol–water partition coefficient (Wildman–Crippen LogP) is 3.62. The van der Waals surface area contributed by atoms with E-state index in [0.717, 1.165) is 15.8 Å². The van der Waals surface area contributed by atoms with E-state index in [2.05, 4.69) is 15.9 Å². The molecule has 0 fully saturated rings. The van der Waals surface area contributed by atoms with Crippen molar-refractivity contribution >= 4 is 28.3 Å². The van der Waals surface area contributed by atoms with Crippen LogP contribution in [0.15, 0.2) is 45.3 Å². The molecule has 2 rings (SSSR count). The van der Waals surface area contributed by atoms with Crippen LogP contribution in [-0.4, -0.2) is 5.11 Å². The number of aliphatic hydroxyl groups is 1. The van der Waals surface area contributed by atoms with Gasteiger partial charge in [-0.15, -0.1) is 12.4 Å². The highest BCUT2D eigenvalue weighted by Crippen LogP contribution is 2.23. The standard InChI is InChI=1S/C11H9BrO2.ClH/c12-9-3-1-8(2-4-9)11-6-5-10(7-13)14-11;/h1-6,13H,7H2;1H. The summed E-state index contributed by atoms with van der Waals surface area (Å²) in [6.45, 7) is -0.0590. The van der Waals surface area contributed by atoms with Crippen LogP contribution in [0.5, 0.6) is 0 Å². The number of hydrogen-bond acceptors (Lipinski definition) is 2. The van der Waals surface area contributed by atoms with Crippen LogP contribution in [0, 0.1) is 0 Å². The summed E-state index contributed by atoms with van der Waals surface area (Å²) >= 11 is 3.37. The molecule has 0 aliphatic rings. The third kappa shape index (κ3) is 2.84. The van der Waals surface area contributed by atoms with Crippen molar-refractivity contribution < 1.29 is 9.52 Å². The van der Waals surface area contributed by atoms with Gasteiger partial charge in [0.05, 0.1) is 0 Å². The van der Waals surface area contributed by atoms with Gasteiger partial charge in [0, 0.05) is 10.0 Å². The highest BCUT2D eigenvalue weighted by atomic mass is 79.9. The average Bonchev–Trinajstić information content (AvgIpc) is 2.67. The summed E-state index contributed by atoms with van der Waals surface area (Å²) in [5, 5.41) is 8.84. The van der Waals surface area contributed by atoms with Crippen molar-refractivity contribution in [1.29, 1.82) is 0 Å². The molecule has 0 saturated carbocycles. The summed E-state index contributed by atoms with van der Waals surface area (Å²) in [5.41, 5.74) is 1.01. The average molecular weight is 290 g/mol. The van der Waals surface area contributed by atoms with Gasteiger partial charge >= 0.3 is 0 Å². The molecule has 1 aromatic carbocycles. The Morgan fingerprint density at radius 1 is 1.07 bits per heavy atom. The largest absolute Gasteiger partial charge is 0.459 e. The first-order valence-corrected chi connectivity index (χ1v) is 5.04. The van der Waals surface area contributed by atoms with E-state index in [1.807, 2.05) is 30.3 Å². The van der Waals surface area contributed by atoms with Crippen molar-refractivity contribution in [3.63, 3.8) is 0 Å². The Labute approximate surface area is 102 Å². The maximum Gasteiger partial charge on any atom is 0.134 e. The molecule has 1 N–H and O–H groups in total. The number of furan rings is 1. The maximum atomic E-state index is 8.84. The molecule has 4 heteroatoms. The third-order valence-corrected chi connectivity index (χ3v) is 2.47. The lowest BCUT2D eigenvalue weighted by molar-refractivity contribution is 0.248. The molecule has 0 bridgehead atoms. The lowest BCUT2D eigenvalue weighted by Gasteiger charge is -1.96. The number of rotatable bonds is 2. The Hall–Kier alpha value is -0.770. The topological polar surface area (TPSA) is 33.4 Å². The van der Waals surface area contributed by atoms with Gasteiger partial charge in [0.15, 0.2) is 0 Å². The minimum Gasteiger partial charge on any atom is -0.459 e. The molecule has 1 aromatic heterocycles. The summed E-state index contributed by atoms with van der Waals surface area (Å²) in [4.78, 5) is 0. The summed E-state index contributed by atoms with van der Waals surface area (Å²) in [5.74, 6) is 1.37. The molecule has 80 valence electrons. The lowest BCUT2D eigenvalue weighted by atomic mass is 10.2. The number of halogens is 2. The molecule has 2 aromatic rings. The highest BCUT2D eigenvalue weighted by Gasteiger charge is 2.03. The van der Waals surface area contributed by atoms with Crippen LogP contribution in [0.25, 0.3) is 11.3 Å². The van der Waals surface area contributed by atoms with Crippen LogP contribution >= 0.6 is 28.3 Å². The zero-order chi connectivity index (χ0) is 9.97. The Kier molecular flexibility index (Phi) is 4.39. The second kappa shape index (κ2) is 5.35. The Morgan fingerprint density at radius 3 is 2.27 bits per heavy atom. The molecule has 2 nitrogen and oxygen atoms in total. The maximum absolute atomic E-state index is 8.84. The highest BCUT2D eigenvalue weighted by molar-refractivity contribution is 9.10. The smallest absolute Gasteiger partial charge is 0.134 e. The van der Waals surface area contributed by atoms with Gasteiger partial charge in [0.25, 0.3) is 0 Å². The Morgan fingerprint density at radius 2 is 1.73 bits per heavy atom. The normalized spacial score (nSPS) is 9.73. The van der Waals surface area contributed by atoms with Crippen molar-refractivity contribution in [3.8, 4) is 11.3 Å². The van der Waals surface area contributed by atoms with Crippen molar-refractivity contribution in [2.75, 3.05) is 0 Å². The molecule has 0 atom stereocenters. The molecule has 15 heavy (non-hydrogen) atoms. The zero-order valence-corrected chi connectivity index (χ0v) is 10.2. The molecule has 0 amide bonds. The van der Waals surface area contributed by atoms with Gasteiger partial charge in [0.1, 0.15) is 18.1 Å². The summed E-state index contributed by atoms with van der Waals surface area (Å²) < 4.78 is 6.43. The monoisotopic (exact) mass is 288 g/mol. The minimum absolute atomic E-state index is 0. The SMILES string of the molecule is Cl.OCc1ccc(-c2ccc(Br)cc2)o1.